The Labute approximate surface area is 91.9 Å². The summed E-state index contributed by atoms with van der Waals surface area (Å²) in [7, 11) is 0. The molecule has 15 heavy (non-hydrogen) atoms. The van der Waals surface area contributed by atoms with Gasteiger partial charge in [-0.05, 0) is 25.2 Å². The molecule has 1 N–H and O–H groups in total. The van der Waals surface area contributed by atoms with Crippen molar-refractivity contribution < 1.29 is 4.79 Å². The van der Waals surface area contributed by atoms with Crippen molar-refractivity contribution in [2.75, 3.05) is 0 Å². The Morgan fingerprint density at radius 2 is 2.33 bits per heavy atom. The van der Waals surface area contributed by atoms with Crippen LogP contribution in [-0.2, 0) is 4.79 Å². The van der Waals surface area contributed by atoms with E-state index >= 15 is 0 Å². The molecular formula is C12H20N2O. The highest BCUT2D eigenvalue weighted by molar-refractivity contribution is 5.79. The van der Waals surface area contributed by atoms with E-state index in [0.717, 1.165) is 25.7 Å². The van der Waals surface area contributed by atoms with Crippen molar-refractivity contribution in [3.8, 4) is 6.07 Å². The van der Waals surface area contributed by atoms with Crippen molar-refractivity contribution in [2.45, 2.75) is 52.0 Å². The molecule has 0 radical (unpaired) electrons. The fraction of sp³-hybridized carbons (Fsp3) is 0.833. The normalized spacial score (nSPS) is 27.0. The number of rotatable bonds is 4. The summed E-state index contributed by atoms with van der Waals surface area (Å²) in [5.41, 5.74) is 0. The fourth-order valence-electron chi connectivity index (χ4n) is 2.25. The molecule has 1 aliphatic rings. The highest BCUT2D eigenvalue weighted by atomic mass is 16.1. The molecule has 1 fully saturated rings. The molecule has 0 aromatic rings. The van der Waals surface area contributed by atoms with Crippen LogP contribution in [0, 0.1) is 23.2 Å². The summed E-state index contributed by atoms with van der Waals surface area (Å²) in [5.74, 6) is 0.837. The van der Waals surface area contributed by atoms with Crippen LogP contribution in [0.2, 0.25) is 0 Å². The third-order valence-electron chi connectivity index (χ3n) is 3.38. The quantitative estimate of drug-likeness (QED) is 0.770. The first-order chi connectivity index (χ1) is 7.19. The van der Waals surface area contributed by atoms with Gasteiger partial charge in [-0.1, -0.05) is 20.3 Å². The van der Waals surface area contributed by atoms with Gasteiger partial charge in [0.15, 0.2) is 0 Å². The summed E-state index contributed by atoms with van der Waals surface area (Å²) in [5, 5.41) is 11.6. The zero-order chi connectivity index (χ0) is 11.3. The van der Waals surface area contributed by atoms with E-state index in [2.05, 4.69) is 18.3 Å². The number of amides is 1. The van der Waals surface area contributed by atoms with Crippen molar-refractivity contribution in [2.24, 2.45) is 11.8 Å². The van der Waals surface area contributed by atoms with E-state index < -0.39 is 0 Å². The molecular weight excluding hydrogens is 188 g/mol. The highest BCUT2D eigenvalue weighted by Gasteiger charge is 2.30. The van der Waals surface area contributed by atoms with Crippen LogP contribution in [0.4, 0.5) is 0 Å². The average molecular weight is 208 g/mol. The fourth-order valence-corrected chi connectivity index (χ4v) is 2.25. The van der Waals surface area contributed by atoms with Crippen molar-refractivity contribution in [3.63, 3.8) is 0 Å². The van der Waals surface area contributed by atoms with Gasteiger partial charge in [0.05, 0.1) is 12.5 Å². The van der Waals surface area contributed by atoms with Gasteiger partial charge in [-0.25, -0.2) is 0 Å². The maximum atomic E-state index is 11.9. The summed E-state index contributed by atoms with van der Waals surface area (Å²) in [6.07, 6.45) is 4.58. The zero-order valence-corrected chi connectivity index (χ0v) is 9.62. The molecule has 0 bridgehead atoms. The second-order valence-electron chi connectivity index (χ2n) is 4.49. The Kier molecular flexibility index (Phi) is 4.61. The van der Waals surface area contributed by atoms with Gasteiger partial charge in [-0.2, -0.15) is 5.26 Å². The van der Waals surface area contributed by atoms with Crippen molar-refractivity contribution in [3.05, 3.63) is 0 Å². The molecule has 0 aromatic heterocycles. The molecule has 0 saturated heterocycles. The Hall–Kier alpha value is -1.04. The minimum absolute atomic E-state index is 0.0373. The van der Waals surface area contributed by atoms with E-state index in [1.807, 2.05) is 6.92 Å². The predicted molar refractivity (Wildman–Crippen MR) is 59.0 cm³/mol. The molecule has 0 aliphatic heterocycles. The lowest BCUT2D eigenvalue weighted by Crippen LogP contribution is -2.39. The molecule has 84 valence electrons. The first-order valence-electron chi connectivity index (χ1n) is 5.86. The van der Waals surface area contributed by atoms with Crippen LogP contribution in [0.5, 0.6) is 0 Å². The molecule has 1 aliphatic carbocycles. The summed E-state index contributed by atoms with van der Waals surface area (Å²) in [6.45, 7) is 4.14. The van der Waals surface area contributed by atoms with Gasteiger partial charge < -0.3 is 5.32 Å². The van der Waals surface area contributed by atoms with E-state index in [9.17, 15) is 4.79 Å². The Bertz CT molecular complexity index is 257. The molecule has 1 saturated carbocycles. The van der Waals surface area contributed by atoms with Crippen molar-refractivity contribution >= 4 is 5.91 Å². The van der Waals surface area contributed by atoms with Gasteiger partial charge in [0.1, 0.15) is 0 Å². The first kappa shape index (κ1) is 12.0. The summed E-state index contributed by atoms with van der Waals surface area (Å²) < 4.78 is 0. The second-order valence-corrected chi connectivity index (χ2v) is 4.49. The van der Waals surface area contributed by atoms with E-state index in [1.165, 1.54) is 0 Å². The van der Waals surface area contributed by atoms with E-state index in [1.54, 1.807) is 0 Å². The van der Waals surface area contributed by atoms with Crippen LogP contribution in [0.1, 0.15) is 46.0 Å². The minimum atomic E-state index is 0.0373. The molecule has 0 heterocycles. The standard InChI is InChI=1S/C12H20N2O/c1-3-10(7-8-13)14-12(15)11-6-4-5-9(11)2/h9-11H,3-7H2,1-2H3,(H,14,15). The van der Waals surface area contributed by atoms with E-state index in [4.69, 9.17) is 5.26 Å². The van der Waals surface area contributed by atoms with Crippen molar-refractivity contribution in [1.82, 2.24) is 5.32 Å². The molecule has 3 heteroatoms. The lowest BCUT2D eigenvalue weighted by molar-refractivity contribution is -0.126. The monoisotopic (exact) mass is 208 g/mol. The number of nitrogens with one attached hydrogen (secondary N) is 1. The van der Waals surface area contributed by atoms with Crippen LogP contribution in [0.3, 0.4) is 0 Å². The molecule has 1 amide bonds. The van der Waals surface area contributed by atoms with Crippen LogP contribution >= 0.6 is 0 Å². The van der Waals surface area contributed by atoms with Gasteiger partial charge >= 0.3 is 0 Å². The molecule has 1 rings (SSSR count). The molecule has 3 nitrogen and oxygen atoms in total. The Morgan fingerprint density at radius 3 is 2.80 bits per heavy atom. The van der Waals surface area contributed by atoms with Crippen LogP contribution in [0.15, 0.2) is 0 Å². The third-order valence-corrected chi connectivity index (χ3v) is 3.38. The average Bonchev–Trinajstić information content (AvgIpc) is 2.63. The molecule has 0 aromatic carbocycles. The summed E-state index contributed by atoms with van der Waals surface area (Å²) in [4.78, 5) is 11.9. The highest BCUT2D eigenvalue weighted by Crippen LogP contribution is 2.31. The lowest BCUT2D eigenvalue weighted by Gasteiger charge is -2.19. The lowest BCUT2D eigenvalue weighted by atomic mass is 9.96. The number of carbonyl (C=O) groups is 1. The maximum absolute atomic E-state index is 11.9. The molecule has 3 unspecified atom stereocenters. The second kappa shape index (κ2) is 5.75. The number of nitriles is 1. The van der Waals surface area contributed by atoms with Gasteiger partial charge in [-0.3, -0.25) is 4.79 Å². The number of carbonyl (C=O) groups excluding carboxylic acids is 1. The predicted octanol–water partition coefficient (Wildman–Crippen LogP) is 2.23. The van der Waals surface area contributed by atoms with Gasteiger partial charge in [-0.15, -0.1) is 0 Å². The zero-order valence-electron chi connectivity index (χ0n) is 9.62. The van der Waals surface area contributed by atoms with E-state index in [-0.39, 0.29) is 17.9 Å². The van der Waals surface area contributed by atoms with E-state index in [0.29, 0.717) is 12.3 Å². The summed E-state index contributed by atoms with van der Waals surface area (Å²) in [6, 6.07) is 2.15. The maximum Gasteiger partial charge on any atom is 0.223 e. The smallest absolute Gasteiger partial charge is 0.223 e. The van der Waals surface area contributed by atoms with Crippen LogP contribution in [-0.4, -0.2) is 11.9 Å². The van der Waals surface area contributed by atoms with Crippen molar-refractivity contribution in [1.29, 1.82) is 5.26 Å². The Morgan fingerprint density at radius 1 is 1.60 bits per heavy atom. The van der Waals surface area contributed by atoms with Crippen LogP contribution < -0.4 is 5.32 Å². The van der Waals surface area contributed by atoms with Gasteiger partial charge in [0.25, 0.3) is 0 Å². The third kappa shape index (κ3) is 3.23. The summed E-state index contributed by atoms with van der Waals surface area (Å²) >= 11 is 0. The largest absolute Gasteiger partial charge is 0.352 e. The minimum Gasteiger partial charge on any atom is -0.352 e. The SMILES string of the molecule is CCC(CC#N)NC(=O)C1CCCC1C. The molecule has 0 spiro atoms. The first-order valence-corrected chi connectivity index (χ1v) is 5.86. The topological polar surface area (TPSA) is 52.9 Å². The number of nitrogens with zero attached hydrogens (tertiary/aromatic N) is 1. The van der Waals surface area contributed by atoms with Crippen LogP contribution in [0.25, 0.3) is 0 Å². The van der Waals surface area contributed by atoms with Gasteiger partial charge in [0.2, 0.25) is 5.91 Å². The Balaban J connectivity index is 2.43. The van der Waals surface area contributed by atoms with Gasteiger partial charge in [0, 0.05) is 12.0 Å². The molecule has 3 atom stereocenters. The number of hydrogen-bond donors (Lipinski definition) is 1. The number of hydrogen-bond acceptors (Lipinski definition) is 2.